The van der Waals surface area contributed by atoms with Gasteiger partial charge in [-0.05, 0) is 44.0 Å². The van der Waals surface area contributed by atoms with Crippen LogP contribution in [0.5, 0.6) is 0 Å². The largest absolute Gasteiger partial charge is 0.470 e. The van der Waals surface area contributed by atoms with E-state index in [1.807, 2.05) is 24.3 Å². The maximum absolute atomic E-state index is 13.1. The minimum Gasteiger partial charge on any atom is -0.439 e. The van der Waals surface area contributed by atoms with Gasteiger partial charge in [-0.25, -0.2) is 19.5 Å². The second-order valence-corrected chi connectivity index (χ2v) is 11.0. The van der Waals surface area contributed by atoms with E-state index in [0.29, 0.717) is 12.0 Å². The van der Waals surface area contributed by atoms with Crippen molar-refractivity contribution >= 4 is 18.9 Å². The number of nitrogens with one attached hydrogen (secondary N) is 1. The minimum atomic E-state index is -4.74. The number of allylic oxidation sites excluding steroid dienone is 2. The topological polar surface area (TPSA) is 132 Å². The van der Waals surface area contributed by atoms with Crippen molar-refractivity contribution in [3.05, 3.63) is 66.2 Å². The van der Waals surface area contributed by atoms with Crippen LogP contribution in [0.25, 0.3) is 22.2 Å². The monoisotopic (exact) mass is 531 g/mol. The molecule has 6 rings (SSSR count). The molecule has 10 nitrogen and oxygen atoms in total. The van der Waals surface area contributed by atoms with E-state index < -0.39 is 20.0 Å². The Labute approximate surface area is 210 Å². The van der Waals surface area contributed by atoms with E-state index in [0.717, 1.165) is 22.4 Å². The van der Waals surface area contributed by atoms with Gasteiger partial charge in [-0.3, -0.25) is 4.52 Å². The predicted molar refractivity (Wildman–Crippen MR) is 128 cm³/mol. The van der Waals surface area contributed by atoms with E-state index in [-0.39, 0.29) is 35.6 Å². The molecule has 2 unspecified atom stereocenters. The first-order chi connectivity index (χ1) is 17.5. The smallest absolute Gasteiger partial charge is 0.439 e. The maximum Gasteiger partial charge on any atom is 0.470 e. The van der Waals surface area contributed by atoms with Crippen LogP contribution >= 0.6 is 7.82 Å². The number of hydrogen-bond donors (Lipinski definition) is 3. The van der Waals surface area contributed by atoms with Crippen LogP contribution in [0.1, 0.15) is 44.0 Å². The van der Waals surface area contributed by atoms with Gasteiger partial charge in [-0.15, -0.1) is 0 Å². The number of halogens is 2. The molecule has 4 atom stereocenters. The lowest BCUT2D eigenvalue weighted by Crippen LogP contribution is -2.45. The number of fused-ring (bicyclic) bond motifs is 9. The summed E-state index contributed by atoms with van der Waals surface area (Å²) in [5.41, 5.74) is 1.75. The van der Waals surface area contributed by atoms with Crippen LogP contribution < -0.4 is 5.32 Å². The quantitative estimate of drug-likeness (QED) is 0.402. The first-order valence-corrected chi connectivity index (χ1v) is 13.2. The van der Waals surface area contributed by atoms with E-state index >= 15 is 0 Å². The molecule has 4 heterocycles. The molecule has 1 fully saturated rings. The molecule has 13 heteroatoms. The summed E-state index contributed by atoms with van der Waals surface area (Å²) in [6.45, 7) is 0.0505. The lowest BCUT2D eigenvalue weighted by molar-refractivity contribution is -0.109. The van der Waals surface area contributed by atoms with Crippen LogP contribution in [0, 0.1) is 5.92 Å². The molecule has 2 aliphatic heterocycles. The van der Waals surface area contributed by atoms with Gasteiger partial charge < -0.3 is 24.4 Å². The van der Waals surface area contributed by atoms with Crippen molar-refractivity contribution in [3.8, 4) is 11.1 Å². The second kappa shape index (κ2) is 8.50. The molecule has 0 amide bonds. The summed E-state index contributed by atoms with van der Waals surface area (Å²) in [7, 11) is -4.74. The molecular formula is C24H24F2N5O5P. The number of imidazole rings is 1. The molecule has 2 aromatic heterocycles. The van der Waals surface area contributed by atoms with Gasteiger partial charge in [-0.2, -0.15) is 8.78 Å². The van der Waals surface area contributed by atoms with Gasteiger partial charge in [0.1, 0.15) is 17.2 Å². The third-order valence-corrected chi connectivity index (χ3v) is 7.73. The summed E-state index contributed by atoms with van der Waals surface area (Å²) < 4.78 is 49.4. The van der Waals surface area contributed by atoms with Gasteiger partial charge >= 0.3 is 14.4 Å². The molecular weight excluding hydrogens is 507 g/mol. The highest BCUT2D eigenvalue weighted by atomic mass is 31.2. The summed E-state index contributed by atoms with van der Waals surface area (Å²) in [4.78, 5) is 31.7. The van der Waals surface area contributed by atoms with Gasteiger partial charge in [0.25, 0.3) is 0 Å². The van der Waals surface area contributed by atoms with Crippen LogP contribution in [0.15, 0.2) is 54.6 Å². The van der Waals surface area contributed by atoms with Crippen molar-refractivity contribution < 1.29 is 32.4 Å². The zero-order valence-corrected chi connectivity index (χ0v) is 20.7. The van der Waals surface area contributed by atoms with Crippen molar-refractivity contribution in [2.75, 3.05) is 0 Å². The molecule has 3 aliphatic rings. The Kier molecular flexibility index (Phi) is 5.59. The van der Waals surface area contributed by atoms with Crippen molar-refractivity contribution in [1.29, 1.82) is 0 Å². The first kappa shape index (κ1) is 24.3. The molecule has 3 aromatic rings. The number of ether oxygens (including phenoxy) is 1. The fraction of sp³-hybridized carbons (Fsp3) is 0.375. The molecule has 0 radical (unpaired) electrons. The SMILES string of the molecule is CC(C)(OP(=O)(O)O)c1ncc(-c2ccc3nc4n(c3c2)[C@@H]2C[C@H]4NC3C=CC=C(OC(F)F)C32)cn1. The molecule has 37 heavy (non-hydrogen) atoms. The average Bonchev–Trinajstić information content (AvgIpc) is 3.32. The third kappa shape index (κ3) is 4.28. The number of hydrogen-bond acceptors (Lipinski definition) is 7. The zero-order valence-electron chi connectivity index (χ0n) is 19.8. The summed E-state index contributed by atoms with van der Waals surface area (Å²) in [6.07, 6.45) is 9.16. The molecule has 1 aliphatic carbocycles. The number of benzene rings is 1. The fourth-order valence-electron chi connectivity index (χ4n) is 5.63. The number of rotatable bonds is 6. The summed E-state index contributed by atoms with van der Waals surface area (Å²) >= 11 is 0. The Morgan fingerprint density at radius 2 is 1.97 bits per heavy atom. The lowest BCUT2D eigenvalue weighted by atomic mass is 9.81. The van der Waals surface area contributed by atoms with Crippen LogP contribution in [0.2, 0.25) is 0 Å². The Morgan fingerprint density at radius 3 is 2.68 bits per heavy atom. The van der Waals surface area contributed by atoms with Crippen LogP contribution in [-0.4, -0.2) is 42.0 Å². The first-order valence-electron chi connectivity index (χ1n) is 11.7. The van der Waals surface area contributed by atoms with Crippen molar-refractivity contribution in [1.82, 2.24) is 24.8 Å². The molecule has 0 saturated carbocycles. The number of phosphoric ester groups is 1. The van der Waals surface area contributed by atoms with Crippen LogP contribution in [0.3, 0.4) is 0 Å². The number of phosphoric acid groups is 1. The molecule has 194 valence electrons. The van der Waals surface area contributed by atoms with E-state index in [2.05, 4.69) is 19.9 Å². The van der Waals surface area contributed by atoms with E-state index in [4.69, 9.17) is 24.0 Å². The molecule has 2 bridgehead atoms. The zero-order chi connectivity index (χ0) is 26.1. The highest BCUT2D eigenvalue weighted by Gasteiger charge is 2.49. The Hall–Kier alpha value is -3.02. The normalized spacial score (nSPS) is 24.8. The second-order valence-electron chi connectivity index (χ2n) is 9.84. The highest BCUT2D eigenvalue weighted by Crippen LogP contribution is 2.50. The number of aromatic nitrogens is 4. The summed E-state index contributed by atoms with van der Waals surface area (Å²) in [6, 6.07) is 5.50. The van der Waals surface area contributed by atoms with Gasteiger partial charge in [-0.1, -0.05) is 18.2 Å². The number of alkyl halides is 2. The van der Waals surface area contributed by atoms with Gasteiger partial charge in [0.05, 0.1) is 23.0 Å². The third-order valence-electron chi connectivity index (χ3n) is 7.04. The summed E-state index contributed by atoms with van der Waals surface area (Å²) in [5.74, 6) is 0.949. The van der Waals surface area contributed by atoms with Crippen molar-refractivity contribution in [2.24, 2.45) is 5.92 Å². The van der Waals surface area contributed by atoms with Gasteiger partial charge in [0, 0.05) is 30.0 Å². The number of piperidine rings is 1. The van der Waals surface area contributed by atoms with Crippen molar-refractivity contribution in [3.63, 3.8) is 0 Å². The van der Waals surface area contributed by atoms with Gasteiger partial charge in [0.15, 0.2) is 5.82 Å². The predicted octanol–water partition coefficient (Wildman–Crippen LogP) is 4.10. The van der Waals surface area contributed by atoms with E-state index in [1.54, 1.807) is 24.5 Å². The molecule has 0 spiro atoms. The lowest BCUT2D eigenvalue weighted by Gasteiger charge is -2.38. The average molecular weight is 531 g/mol. The molecule has 1 aromatic carbocycles. The Balaban J connectivity index is 1.36. The highest BCUT2D eigenvalue weighted by molar-refractivity contribution is 7.46. The Bertz CT molecular complexity index is 1480. The number of nitrogens with zero attached hydrogens (tertiary/aromatic N) is 4. The standard InChI is InChI=1S/C24H24F2N5O5P/c1-24(2,36-37(32,33)34)22-27-10-13(11-28-22)12-6-7-14-17(8-12)31-18-9-16(21(31)30-14)29-15-4-3-5-19(20(15)18)35-23(25)26/h3-8,10-11,15-16,18,20,23,29H,9H2,1-2H3,(H2,32,33,34)/t15?,16-,18-,20?/m1/s1. The minimum absolute atomic E-state index is 0.00322. The van der Waals surface area contributed by atoms with E-state index in [1.165, 1.54) is 13.8 Å². The van der Waals surface area contributed by atoms with E-state index in [9.17, 15) is 13.3 Å². The molecule has 3 N–H and O–H groups in total. The van der Waals surface area contributed by atoms with Crippen LogP contribution in [0.4, 0.5) is 8.78 Å². The summed E-state index contributed by atoms with van der Waals surface area (Å²) in [5, 5.41) is 3.53. The maximum atomic E-state index is 13.1. The van der Waals surface area contributed by atoms with Crippen molar-refractivity contribution in [2.45, 2.75) is 50.6 Å². The fourth-order valence-corrected chi connectivity index (χ4v) is 6.31. The van der Waals surface area contributed by atoms with Crippen LogP contribution in [-0.2, 0) is 19.4 Å². The molecule has 1 saturated heterocycles. The van der Waals surface area contributed by atoms with Gasteiger partial charge in [0.2, 0.25) is 0 Å². The Morgan fingerprint density at radius 1 is 1.22 bits per heavy atom.